The Balaban J connectivity index is 0. The number of hydrogen-bond donors (Lipinski definition) is 2. The molecule has 0 aliphatic carbocycles. The van der Waals surface area contributed by atoms with Gasteiger partial charge in [-0.05, 0) is 0 Å². The molecule has 2 radical (unpaired) electrons. The Morgan fingerprint density at radius 1 is 1.40 bits per heavy atom. The number of primary amides is 2. The summed E-state index contributed by atoms with van der Waals surface area (Å²) in [5.74, 6) is 0. The van der Waals surface area contributed by atoms with E-state index in [1.54, 1.807) is 0 Å². The fourth-order valence-electron chi connectivity index (χ4n) is 0. The summed E-state index contributed by atoms with van der Waals surface area (Å²) >= 11 is 0. The fourth-order valence-corrected chi connectivity index (χ4v) is 0. The maximum atomic E-state index is 9.00. The van der Waals surface area contributed by atoms with Crippen molar-refractivity contribution in [3.8, 4) is 0 Å². The summed E-state index contributed by atoms with van der Waals surface area (Å²) in [6.45, 7) is 0. The Labute approximate surface area is 67.0 Å². The van der Waals surface area contributed by atoms with Gasteiger partial charge < -0.3 is 11.5 Å². The van der Waals surface area contributed by atoms with Gasteiger partial charge >= 0.3 is 6.03 Å². The van der Waals surface area contributed by atoms with Crippen LogP contribution in [0.2, 0.25) is 0 Å². The van der Waals surface area contributed by atoms with Crippen LogP contribution in [-0.2, 0) is 0 Å². The Bertz CT molecular complexity index is 32.6. The third kappa shape index (κ3) is 63.8. The average Bonchev–Trinajstić information content (AvgIpc) is 0.811. The molecule has 0 aliphatic rings. The van der Waals surface area contributed by atoms with Crippen LogP contribution in [0.5, 0.6) is 0 Å². The molecule has 5 heavy (non-hydrogen) atoms. The van der Waals surface area contributed by atoms with Gasteiger partial charge in [-0.2, -0.15) is 0 Å². The van der Waals surface area contributed by atoms with Gasteiger partial charge in [0.25, 0.3) is 0 Å². The maximum absolute atomic E-state index is 9.00. The summed E-state index contributed by atoms with van der Waals surface area (Å²) < 4.78 is 0. The predicted molar refractivity (Wildman–Crippen MR) is 19.5 cm³/mol. The molecule has 3 nitrogen and oxygen atoms in total. The summed E-state index contributed by atoms with van der Waals surface area (Å²) in [6, 6.07) is -0.833. The summed E-state index contributed by atoms with van der Waals surface area (Å²) in [5, 5.41) is 0. The van der Waals surface area contributed by atoms with Crippen LogP contribution < -0.4 is 11.5 Å². The second-order valence-corrected chi connectivity index (χ2v) is 0.402. The van der Waals surface area contributed by atoms with Gasteiger partial charge in [-0.1, -0.05) is 0 Å². The van der Waals surface area contributed by atoms with Crippen LogP contribution in [0.3, 0.4) is 0 Å². The first-order valence-corrected chi connectivity index (χ1v) is 0.781. The first kappa shape index (κ1) is 9.23. The van der Waals surface area contributed by atoms with Crippen molar-refractivity contribution in [2.75, 3.05) is 0 Å². The predicted octanol–water partition coefficient (Wildman–Crippen LogP) is -1.36. The van der Waals surface area contributed by atoms with E-state index in [4.69, 9.17) is 4.79 Å². The van der Waals surface area contributed by atoms with Gasteiger partial charge in [-0.15, -0.1) is 0 Å². The molecule has 0 rings (SSSR count). The van der Waals surface area contributed by atoms with Gasteiger partial charge in [-0.3, -0.25) is 0 Å². The van der Waals surface area contributed by atoms with E-state index in [0.717, 1.165) is 0 Å². The molecule has 0 saturated heterocycles. The van der Waals surface area contributed by atoms with E-state index in [9.17, 15) is 0 Å². The third-order valence-corrected chi connectivity index (χ3v) is 0. The van der Waals surface area contributed by atoms with Crippen molar-refractivity contribution in [1.29, 1.82) is 0 Å². The van der Waals surface area contributed by atoms with Crippen molar-refractivity contribution in [2.24, 2.45) is 11.5 Å². The van der Waals surface area contributed by atoms with E-state index < -0.39 is 6.03 Å². The molecule has 0 aromatic heterocycles. The average molecular weight is 148 g/mol. The van der Waals surface area contributed by atoms with Crippen LogP contribution in [0, 0.1) is 0 Å². The van der Waals surface area contributed by atoms with E-state index in [1.807, 2.05) is 0 Å². The molecular weight excluding hydrogens is 144 g/mol. The maximum Gasteiger partial charge on any atom is 0.309 e. The molecule has 26 valence electrons. The number of amides is 2. The largest absolute Gasteiger partial charge is 0.352 e. The normalized spacial score (nSPS) is 4.80. The Morgan fingerprint density at radius 2 is 1.40 bits per heavy atom. The summed E-state index contributed by atoms with van der Waals surface area (Å²) in [7, 11) is 0. The smallest absolute Gasteiger partial charge is 0.309 e. The van der Waals surface area contributed by atoms with Crippen molar-refractivity contribution in [3.63, 3.8) is 0 Å². The van der Waals surface area contributed by atoms with Gasteiger partial charge in [0.15, 0.2) is 0 Å². The van der Waals surface area contributed by atoms with Crippen LogP contribution in [0.1, 0.15) is 0 Å². The standard InChI is InChI=1S/CH4N2O.Sr/c2-1(3)4;/h(H4,2,3,4);. The number of hydrogen-bond acceptors (Lipinski definition) is 1. The minimum Gasteiger partial charge on any atom is -0.352 e. The number of urea groups is 1. The van der Waals surface area contributed by atoms with Crippen LogP contribution >= 0.6 is 0 Å². The molecule has 0 atom stereocenters. The van der Waals surface area contributed by atoms with Crippen molar-refractivity contribution < 1.29 is 4.79 Å². The molecular formula is CH4N2OSr. The molecule has 0 fully saturated rings. The minimum absolute atomic E-state index is 0. The second kappa shape index (κ2) is 4.75. The molecule has 4 N–H and O–H groups in total. The molecule has 0 aromatic rings. The van der Waals surface area contributed by atoms with Crippen LogP contribution in [0.25, 0.3) is 0 Å². The Morgan fingerprint density at radius 3 is 1.40 bits per heavy atom. The van der Waals surface area contributed by atoms with Gasteiger partial charge in [-0.25, -0.2) is 4.79 Å². The molecule has 2 amide bonds. The number of carbonyl (C=O) groups is 1. The number of rotatable bonds is 0. The Kier molecular flexibility index (Phi) is 8.77. The molecule has 0 aromatic carbocycles. The Hall–Kier alpha value is 0.751. The van der Waals surface area contributed by atoms with Gasteiger partial charge in [0.2, 0.25) is 0 Å². The van der Waals surface area contributed by atoms with Crippen molar-refractivity contribution in [2.45, 2.75) is 0 Å². The van der Waals surface area contributed by atoms with E-state index in [2.05, 4.69) is 11.5 Å². The second-order valence-electron chi connectivity index (χ2n) is 0.402. The third-order valence-electron chi connectivity index (χ3n) is 0. The van der Waals surface area contributed by atoms with Gasteiger partial charge in [0.1, 0.15) is 0 Å². The monoisotopic (exact) mass is 148 g/mol. The first-order valence-electron chi connectivity index (χ1n) is 0.781. The van der Waals surface area contributed by atoms with Crippen molar-refractivity contribution >= 4 is 51.5 Å². The molecule has 4 heteroatoms. The molecule has 0 aliphatic heterocycles. The van der Waals surface area contributed by atoms with Crippen molar-refractivity contribution in [3.05, 3.63) is 0 Å². The van der Waals surface area contributed by atoms with E-state index in [1.165, 1.54) is 0 Å². The van der Waals surface area contributed by atoms with Crippen LogP contribution in [0.4, 0.5) is 4.79 Å². The zero-order chi connectivity index (χ0) is 3.58. The number of nitrogens with two attached hydrogens (primary N) is 2. The van der Waals surface area contributed by atoms with Crippen molar-refractivity contribution in [1.82, 2.24) is 0 Å². The summed E-state index contributed by atoms with van der Waals surface area (Å²) in [5.41, 5.74) is 8.50. The zero-order valence-electron chi connectivity index (χ0n) is 2.77. The van der Waals surface area contributed by atoms with Crippen LogP contribution in [-0.4, -0.2) is 51.5 Å². The number of carbonyl (C=O) groups excluding carboxylic acids is 1. The molecule has 0 spiro atoms. The first-order chi connectivity index (χ1) is 1.73. The quantitative estimate of drug-likeness (QED) is 0.409. The molecule has 0 bridgehead atoms. The zero-order valence-corrected chi connectivity index (χ0v) is 6.25. The minimum atomic E-state index is -0.833. The van der Waals surface area contributed by atoms with E-state index in [-0.39, 0.29) is 45.5 Å². The summed E-state index contributed by atoms with van der Waals surface area (Å²) in [6.07, 6.45) is 0. The fraction of sp³-hybridized carbons (Fsp3) is 0. The SMILES string of the molecule is NC(N)=O.[Sr]. The summed E-state index contributed by atoms with van der Waals surface area (Å²) in [4.78, 5) is 9.00. The molecule has 0 saturated carbocycles. The van der Waals surface area contributed by atoms with Crippen LogP contribution in [0.15, 0.2) is 0 Å². The van der Waals surface area contributed by atoms with E-state index in [0.29, 0.717) is 0 Å². The van der Waals surface area contributed by atoms with E-state index >= 15 is 0 Å². The topological polar surface area (TPSA) is 69.1 Å². The van der Waals surface area contributed by atoms with Gasteiger partial charge in [0, 0.05) is 45.5 Å². The molecule has 0 unspecified atom stereocenters. The van der Waals surface area contributed by atoms with Gasteiger partial charge in [0.05, 0.1) is 0 Å². The molecule has 0 heterocycles.